The number of aliphatic hydroxyl groups is 1. The van der Waals surface area contributed by atoms with E-state index in [-0.39, 0.29) is 0 Å². The zero-order valence-corrected chi connectivity index (χ0v) is 16.1. The van der Waals surface area contributed by atoms with Crippen LogP contribution in [0.25, 0.3) is 11.1 Å². The van der Waals surface area contributed by atoms with Crippen molar-refractivity contribution in [3.05, 3.63) is 89.0 Å². The van der Waals surface area contributed by atoms with Crippen LogP contribution in [0.2, 0.25) is 0 Å². The summed E-state index contributed by atoms with van der Waals surface area (Å²) in [5, 5.41) is 11.3. The molecule has 0 aromatic heterocycles. The highest BCUT2D eigenvalue weighted by Crippen LogP contribution is 2.56. The largest absolute Gasteiger partial charge is 0.493 e. The monoisotopic (exact) mass is 374 g/mol. The van der Waals surface area contributed by atoms with E-state index in [1.54, 1.807) is 21.3 Å². The van der Waals surface area contributed by atoms with E-state index in [0.29, 0.717) is 17.2 Å². The Morgan fingerprint density at radius 1 is 0.714 bits per heavy atom. The van der Waals surface area contributed by atoms with Gasteiger partial charge in [0.25, 0.3) is 0 Å². The molecule has 1 aliphatic rings. The summed E-state index contributed by atoms with van der Waals surface area (Å²) >= 11 is 0. The van der Waals surface area contributed by atoms with Gasteiger partial charge in [0.05, 0.1) is 21.3 Å². The van der Waals surface area contributed by atoms with E-state index in [2.05, 4.69) is 0 Å². The van der Waals surface area contributed by atoms with Crippen molar-refractivity contribution in [2.24, 2.45) is 0 Å². The van der Waals surface area contributed by atoms with Gasteiger partial charge in [-0.3, -0.25) is 0 Å². The quantitative estimate of drug-likeness (QED) is 0.702. The van der Waals surface area contributed by atoms with Gasteiger partial charge in [0, 0.05) is 16.7 Å². The first-order valence-electron chi connectivity index (χ1n) is 9.07. The Kier molecular flexibility index (Phi) is 4.80. The number of hydrogen-bond donors (Lipinski definition) is 1. The van der Waals surface area contributed by atoms with Gasteiger partial charge in [-0.1, -0.05) is 60.7 Å². The number of aliphatic hydroxyl groups excluding tert-OH is 1. The predicted molar refractivity (Wildman–Crippen MR) is 110 cm³/mol. The van der Waals surface area contributed by atoms with Crippen LogP contribution in [0.5, 0.6) is 17.2 Å². The maximum absolute atomic E-state index is 11.3. The molecule has 0 saturated carbocycles. The molecule has 0 saturated heterocycles. The molecule has 0 radical (unpaired) electrons. The molecule has 3 aromatic rings. The predicted octanol–water partition coefficient (Wildman–Crippen LogP) is 4.72. The number of fused-ring (bicyclic) bond motifs is 1. The van der Waals surface area contributed by atoms with Crippen LogP contribution < -0.4 is 14.2 Å². The Morgan fingerprint density at radius 2 is 1.29 bits per heavy atom. The number of methoxy groups -OCH3 is 3. The molecule has 1 aliphatic carbocycles. The highest BCUT2D eigenvalue weighted by molar-refractivity contribution is 6.07. The summed E-state index contributed by atoms with van der Waals surface area (Å²) in [5.74, 6) is 1.60. The maximum atomic E-state index is 11.3. The Hall–Kier alpha value is -3.24. The Morgan fingerprint density at radius 3 is 1.82 bits per heavy atom. The van der Waals surface area contributed by atoms with Crippen LogP contribution in [0, 0.1) is 0 Å². The molecule has 1 N–H and O–H groups in total. The summed E-state index contributed by atoms with van der Waals surface area (Å²) in [6, 6.07) is 21.8. The van der Waals surface area contributed by atoms with Gasteiger partial charge in [0.2, 0.25) is 5.75 Å². The van der Waals surface area contributed by atoms with Crippen molar-refractivity contribution >= 4 is 11.1 Å². The number of hydrogen-bond acceptors (Lipinski definition) is 4. The van der Waals surface area contributed by atoms with Gasteiger partial charge >= 0.3 is 0 Å². The Labute approximate surface area is 164 Å². The molecule has 0 aliphatic heterocycles. The molecule has 0 spiro atoms. The van der Waals surface area contributed by atoms with Crippen LogP contribution in [0.15, 0.2) is 66.7 Å². The normalized spacial score (nSPS) is 15.4. The third-order valence-corrected chi connectivity index (χ3v) is 5.10. The molecular formula is C24H22O4. The molecule has 0 bridgehead atoms. The lowest BCUT2D eigenvalue weighted by atomic mass is 9.93. The van der Waals surface area contributed by atoms with Gasteiger partial charge in [-0.2, -0.15) is 0 Å². The van der Waals surface area contributed by atoms with Crippen molar-refractivity contribution in [1.29, 1.82) is 0 Å². The van der Waals surface area contributed by atoms with Crippen molar-refractivity contribution in [2.45, 2.75) is 6.10 Å². The fraction of sp³-hybridized carbons (Fsp3) is 0.167. The summed E-state index contributed by atoms with van der Waals surface area (Å²) in [5.41, 5.74) is 5.32. The first-order chi connectivity index (χ1) is 13.7. The van der Waals surface area contributed by atoms with Gasteiger partial charge in [0.1, 0.15) is 6.10 Å². The summed E-state index contributed by atoms with van der Waals surface area (Å²) in [6.07, 6.45) is -0.804. The average molecular weight is 374 g/mol. The van der Waals surface area contributed by atoms with Crippen LogP contribution >= 0.6 is 0 Å². The first-order valence-corrected chi connectivity index (χ1v) is 9.07. The Balaban J connectivity index is 2.10. The Bertz CT molecular complexity index is 1020. The topological polar surface area (TPSA) is 47.9 Å². The molecule has 4 rings (SSSR count). The second-order valence-electron chi connectivity index (χ2n) is 6.53. The summed E-state index contributed by atoms with van der Waals surface area (Å²) in [4.78, 5) is 0. The van der Waals surface area contributed by atoms with Gasteiger partial charge < -0.3 is 19.3 Å². The van der Waals surface area contributed by atoms with Gasteiger partial charge in [-0.25, -0.2) is 0 Å². The third-order valence-electron chi connectivity index (χ3n) is 5.10. The zero-order chi connectivity index (χ0) is 19.7. The minimum absolute atomic E-state index is 0.513. The van der Waals surface area contributed by atoms with E-state index in [1.807, 2.05) is 66.7 Å². The fourth-order valence-corrected chi connectivity index (χ4v) is 3.90. The molecule has 4 nitrogen and oxygen atoms in total. The van der Waals surface area contributed by atoms with E-state index < -0.39 is 6.10 Å². The lowest BCUT2D eigenvalue weighted by molar-refractivity contribution is 0.239. The lowest BCUT2D eigenvalue weighted by Gasteiger charge is -2.18. The molecule has 4 heteroatoms. The number of rotatable bonds is 5. The third kappa shape index (κ3) is 2.74. The van der Waals surface area contributed by atoms with Crippen molar-refractivity contribution in [2.75, 3.05) is 21.3 Å². The highest BCUT2D eigenvalue weighted by atomic mass is 16.5. The van der Waals surface area contributed by atoms with Gasteiger partial charge in [0.15, 0.2) is 11.5 Å². The molecular weight excluding hydrogens is 352 g/mol. The number of ether oxygens (including phenoxy) is 3. The average Bonchev–Trinajstić information content (AvgIpc) is 3.05. The van der Waals surface area contributed by atoms with Crippen molar-refractivity contribution in [3.63, 3.8) is 0 Å². The van der Waals surface area contributed by atoms with E-state index in [4.69, 9.17) is 14.2 Å². The van der Waals surface area contributed by atoms with Gasteiger partial charge in [-0.05, 0) is 22.8 Å². The zero-order valence-electron chi connectivity index (χ0n) is 16.1. The van der Waals surface area contributed by atoms with E-state index in [9.17, 15) is 5.11 Å². The summed E-state index contributed by atoms with van der Waals surface area (Å²) in [6.45, 7) is 0. The molecule has 28 heavy (non-hydrogen) atoms. The van der Waals surface area contributed by atoms with E-state index in [0.717, 1.165) is 33.4 Å². The van der Waals surface area contributed by atoms with Crippen molar-refractivity contribution < 1.29 is 19.3 Å². The first kappa shape index (κ1) is 18.1. The minimum Gasteiger partial charge on any atom is -0.493 e. The molecule has 142 valence electrons. The molecule has 0 amide bonds. The molecule has 3 aromatic carbocycles. The standard InChI is InChI=1S/C24H22O4/c1-26-18-14-17-21(24(28-3)23(18)27-2)19(15-10-6-4-7-11-15)20(22(17)25)16-12-8-5-9-13-16/h4-14,22,25H,1-3H3. The van der Waals surface area contributed by atoms with E-state index >= 15 is 0 Å². The van der Waals surface area contributed by atoms with E-state index in [1.165, 1.54) is 0 Å². The van der Waals surface area contributed by atoms with Crippen LogP contribution in [-0.4, -0.2) is 26.4 Å². The number of benzene rings is 3. The molecule has 0 fully saturated rings. The summed E-state index contributed by atoms with van der Waals surface area (Å²) in [7, 11) is 4.77. The van der Waals surface area contributed by atoms with Crippen LogP contribution in [0.3, 0.4) is 0 Å². The van der Waals surface area contributed by atoms with Crippen LogP contribution in [-0.2, 0) is 0 Å². The van der Waals surface area contributed by atoms with Crippen LogP contribution in [0.1, 0.15) is 28.4 Å². The summed E-state index contributed by atoms with van der Waals surface area (Å²) < 4.78 is 16.8. The van der Waals surface area contributed by atoms with Crippen LogP contribution in [0.4, 0.5) is 0 Å². The van der Waals surface area contributed by atoms with Crippen molar-refractivity contribution in [3.8, 4) is 17.2 Å². The van der Waals surface area contributed by atoms with Crippen molar-refractivity contribution in [1.82, 2.24) is 0 Å². The smallest absolute Gasteiger partial charge is 0.203 e. The highest BCUT2D eigenvalue weighted by Gasteiger charge is 2.37. The maximum Gasteiger partial charge on any atom is 0.203 e. The minimum atomic E-state index is -0.804. The molecule has 1 atom stereocenters. The fourth-order valence-electron chi connectivity index (χ4n) is 3.90. The second kappa shape index (κ2) is 7.41. The molecule has 1 unspecified atom stereocenters. The SMILES string of the molecule is COc1cc2c(c(OC)c1OC)C(c1ccccc1)=C(c1ccccc1)C2O. The van der Waals surface area contributed by atoms with Gasteiger partial charge in [-0.15, -0.1) is 0 Å². The second-order valence-corrected chi connectivity index (χ2v) is 6.53. The molecule has 0 heterocycles. The lowest BCUT2D eigenvalue weighted by Crippen LogP contribution is -2.02.